The van der Waals surface area contributed by atoms with Crippen LogP contribution in [0.15, 0.2) is 30.5 Å². The van der Waals surface area contributed by atoms with E-state index >= 15 is 0 Å². The van der Waals surface area contributed by atoms with Crippen LogP contribution in [0.3, 0.4) is 0 Å². The molecule has 0 aliphatic heterocycles. The van der Waals surface area contributed by atoms with Gasteiger partial charge in [0.2, 0.25) is 0 Å². The molecular weight excluding hydrogens is 264 g/mol. The second-order valence-corrected chi connectivity index (χ2v) is 5.00. The maximum Gasteiger partial charge on any atom is 0.337 e. The van der Waals surface area contributed by atoms with Gasteiger partial charge >= 0.3 is 5.97 Å². The highest BCUT2D eigenvalue weighted by Crippen LogP contribution is 2.15. The predicted octanol–water partition coefficient (Wildman–Crippen LogP) is 2.49. The lowest BCUT2D eigenvalue weighted by Gasteiger charge is -2.04. The monoisotopic (exact) mass is 276 g/mol. The number of hydrogen-bond acceptors (Lipinski definition) is 5. The maximum absolute atomic E-state index is 11.9. The van der Waals surface area contributed by atoms with Gasteiger partial charge in [0.25, 0.3) is 5.91 Å². The molecule has 19 heavy (non-hydrogen) atoms. The minimum atomic E-state index is -0.407. The average molecular weight is 276 g/mol. The van der Waals surface area contributed by atoms with Crippen LogP contribution in [0.25, 0.3) is 0 Å². The SMILES string of the molecule is COC(=O)c1ccc(NC(=O)c2cnc(C)s2)cc1. The van der Waals surface area contributed by atoms with Gasteiger partial charge in [0.05, 0.1) is 23.9 Å². The number of carbonyl (C=O) groups is 2. The molecule has 2 rings (SSSR count). The first-order valence-electron chi connectivity index (χ1n) is 5.52. The summed E-state index contributed by atoms with van der Waals surface area (Å²) in [6.45, 7) is 1.84. The third kappa shape index (κ3) is 3.17. The van der Waals surface area contributed by atoms with Crippen molar-refractivity contribution in [1.29, 1.82) is 0 Å². The minimum absolute atomic E-state index is 0.212. The number of nitrogens with one attached hydrogen (secondary N) is 1. The van der Waals surface area contributed by atoms with Crippen LogP contribution in [-0.2, 0) is 4.74 Å². The molecule has 0 saturated carbocycles. The van der Waals surface area contributed by atoms with Crippen molar-refractivity contribution in [3.8, 4) is 0 Å². The Morgan fingerprint density at radius 3 is 2.47 bits per heavy atom. The summed E-state index contributed by atoms with van der Waals surface area (Å²) in [5.41, 5.74) is 1.05. The highest BCUT2D eigenvalue weighted by atomic mass is 32.1. The molecule has 0 atom stereocenters. The number of anilines is 1. The summed E-state index contributed by atoms with van der Waals surface area (Å²) in [6.07, 6.45) is 1.54. The zero-order valence-corrected chi connectivity index (χ0v) is 11.3. The van der Waals surface area contributed by atoms with Crippen molar-refractivity contribution in [2.24, 2.45) is 0 Å². The first-order chi connectivity index (χ1) is 9.10. The lowest BCUT2D eigenvalue weighted by Crippen LogP contribution is -2.10. The van der Waals surface area contributed by atoms with Crippen molar-refractivity contribution in [3.63, 3.8) is 0 Å². The fraction of sp³-hybridized carbons (Fsp3) is 0.154. The second-order valence-electron chi connectivity index (χ2n) is 3.77. The third-order valence-corrected chi connectivity index (χ3v) is 3.32. The quantitative estimate of drug-likeness (QED) is 0.874. The number of aryl methyl sites for hydroxylation is 1. The Labute approximate surface area is 114 Å². The van der Waals surface area contributed by atoms with E-state index in [4.69, 9.17) is 0 Å². The van der Waals surface area contributed by atoms with E-state index in [1.54, 1.807) is 24.3 Å². The van der Waals surface area contributed by atoms with Gasteiger partial charge < -0.3 is 10.1 Å². The zero-order chi connectivity index (χ0) is 13.8. The topological polar surface area (TPSA) is 68.3 Å². The first kappa shape index (κ1) is 13.2. The van der Waals surface area contributed by atoms with Crippen LogP contribution in [0, 0.1) is 6.92 Å². The molecule has 0 unspecified atom stereocenters. The van der Waals surface area contributed by atoms with Gasteiger partial charge in [-0.3, -0.25) is 4.79 Å². The first-order valence-corrected chi connectivity index (χ1v) is 6.34. The number of esters is 1. The van der Waals surface area contributed by atoms with Crippen molar-refractivity contribution in [3.05, 3.63) is 45.9 Å². The molecule has 0 bridgehead atoms. The van der Waals surface area contributed by atoms with E-state index in [0.29, 0.717) is 16.1 Å². The van der Waals surface area contributed by atoms with Gasteiger partial charge in [0, 0.05) is 5.69 Å². The molecule has 1 amide bonds. The zero-order valence-electron chi connectivity index (χ0n) is 10.5. The number of thiazole rings is 1. The van der Waals surface area contributed by atoms with Gasteiger partial charge in [-0.2, -0.15) is 0 Å². The molecule has 0 spiro atoms. The van der Waals surface area contributed by atoms with Crippen LogP contribution in [-0.4, -0.2) is 24.0 Å². The fourth-order valence-corrected chi connectivity index (χ4v) is 2.14. The highest BCUT2D eigenvalue weighted by molar-refractivity contribution is 7.13. The van der Waals surface area contributed by atoms with Crippen molar-refractivity contribution < 1.29 is 14.3 Å². The smallest absolute Gasteiger partial charge is 0.337 e. The summed E-state index contributed by atoms with van der Waals surface area (Å²) in [7, 11) is 1.32. The number of benzene rings is 1. The van der Waals surface area contributed by atoms with Crippen LogP contribution in [0.1, 0.15) is 25.0 Å². The molecule has 1 aromatic heterocycles. The standard InChI is InChI=1S/C13H12N2O3S/c1-8-14-7-11(19-8)12(16)15-10-5-3-9(4-6-10)13(17)18-2/h3-7H,1-2H3,(H,15,16). The molecule has 2 aromatic rings. The number of amides is 1. The van der Waals surface area contributed by atoms with Crippen molar-refractivity contribution in [2.45, 2.75) is 6.92 Å². The van der Waals surface area contributed by atoms with Gasteiger partial charge in [0.1, 0.15) is 4.88 Å². The van der Waals surface area contributed by atoms with E-state index in [0.717, 1.165) is 5.01 Å². The average Bonchev–Trinajstić information content (AvgIpc) is 2.85. The van der Waals surface area contributed by atoms with E-state index in [1.165, 1.54) is 24.6 Å². The van der Waals surface area contributed by atoms with Crippen molar-refractivity contribution in [1.82, 2.24) is 4.98 Å². The molecule has 0 fully saturated rings. The minimum Gasteiger partial charge on any atom is -0.465 e. The molecule has 1 aromatic carbocycles. The molecule has 0 aliphatic carbocycles. The Bertz CT molecular complexity index is 605. The second kappa shape index (κ2) is 5.62. The Balaban J connectivity index is 2.07. The Hall–Kier alpha value is -2.21. The number of nitrogens with zero attached hydrogens (tertiary/aromatic N) is 1. The van der Waals surface area contributed by atoms with E-state index in [9.17, 15) is 9.59 Å². The van der Waals surface area contributed by atoms with Crippen LogP contribution < -0.4 is 5.32 Å². The van der Waals surface area contributed by atoms with Gasteiger partial charge in [-0.25, -0.2) is 9.78 Å². The highest BCUT2D eigenvalue weighted by Gasteiger charge is 2.10. The van der Waals surface area contributed by atoms with Crippen LogP contribution in [0.4, 0.5) is 5.69 Å². The number of aromatic nitrogens is 1. The molecule has 1 N–H and O–H groups in total. The van der Waals surface area contributed by atoms with Crippen molar-refractivity contribution >= 4 is 28.9 Å². The molecule has 98 valence electrons. The Morgan fingerprint density at radius 1 is 1.26 bits per heavy atom. The van der Waals surface area contributed by atoms with E-state index in [2.05, 4.69) is 15.0 Å². The van der Waals surface area contributed by atoms with Crippen molar-refractivity contribution in [2.75, 3.05) is 12.4 Å². The lowest BCUT2D eigenvalue weighted by atomic mass is 10.2. The molecule has 5 nitrogen and oxygen atoms in total. The summed E-state index contributed by atoms with van der Waals surface area (Å²) in [5, 5.41) is 3.57. The van der Waals surface area contributed by atoms with Crippen LogP contribution in [0.5, 0.6) is 0 Å². The molecule has 1 heterocycles. The van der Waals surface area contributed by atoms with Gasteiger partial charge in [-0.15, -0.1) is 11.3 Å². The van der Waals surface area contributed by atoms with Gasteiger partial charge in [-0.05, 0) is 31.2 Å². The molecule has 0 saturated heterocycles. The Morgan fingerprint density at radius 2 is 1.95 bits per heavy atom. The lowest BCUT2D eigenvalue weighted by molar-refractivity contribution is 0.0600. The van der Waals surface area contributed by atoms with E-state index < -0.39 is 5.97 Å². The maximum atomic E-state index is 11.9. The fourth-order valence-electron chi connectivity index (χ4n) is 1.47. The number of carbonyl (C=O) groups excluding carboxylic acids is 2. The van der Waals surface area contributed by atoms with E-state index in [1.807, 2.05) is 6.92 Å². The van der Waals surface area contributed by atoms with E-state index in [-0.39, 0.29) is 5.91 Å². The third-order valence-electron chi connectivity index (χ3n) is 2.41. The summed E-state index contributed by atoms with van der Waals surface area (Å²) >= 11 is 1.33. The normalized spacial score (nSPS) is 10.0. The van der Waals surface area contributed by atoms with Gasteiger partial charge in [0.15, 0.2) is 0 Å². The summed E-state index contributed by atoms with van der Waals surface area (Å²) in [6, 6.07) is 6.49. The molecule has 0 aliphatic rings. The predicted molar refractivity (Wildman–Crippen MR) is 72.6 cm³/mol. The number of rotatable bonds is 3. The number of ether oxygens (including phenoxy) is 1. The summed E-state index contributed by atoms with van der Waals surface area (Å²) in [4.78, 5) is 27.7. The number of hydrogen-bond donors (Lipinski definition) is 1. The van der Waals surface area contributed by atoms with Crippen LogP contribution >= 0.6 is 11.3 Å². The van der Waals surface area contributed by atoms with Crippen LogP contribution in [0.2, 0.25) is 0 Å². The number of methoxy groups -OCH3 is 1. The molecular formula is C13H12N2O3S. The molecule has 0 radical (unpaired) electrons. The summed E-state index contributed by atoms with van der Waals surface area (Å²) < 4.78 is 4.60. The summed E-state index contributed by atoms with van der Waals surface area (Å²) in [5.74, 6) is -0.618. The largest absolute Gasteiger partial charge is 0.465 e. The molecule has 6 heteroatoms. The Kier molecular flexibility index (Phi) is 3.91. The van der Waals surface area contributed by atoms with Gasteiger partial charge in [-0.1, -0.05) is 0 Å².